The van der Waals surface area contributed by atoms with Crippen molar-refractivity contribution in [3.05, 3.63) is 52.6 Å². The number of aryl methyl sites for hydroxylation is 1. The lowest BCUT2D eigenvalue weighted by Crippen LogP contribution is -2.37. The van der Waals surface area contributed by atoms with Crippen LogP contribution in [0.25, 0.3) is 0 Å². The van der Waals surface area contributed by atoms with Gasteiger partial charge in [0.25, 0.3) is 0 Å². The molecule has 0 radical (unpaired) electrons. The Bertz CT molecular complexity index is 898. The Kier molecular flexibility index (Phi) is 5.81. The number of nitrogens with zero attached hydrogens (tertiary/aromatic N) is 4. The average Bonchev–Trinajstić information content (AvgIpc) is 2.74. The molecule has 1 aromatic carbocycles. The molecule has 2 aliphatic heterocycles. The van der Waals surface area contributed by atoms with Gasteiger partial charge in [0.2, 0.25) is 5.91 Å². The van der Waals surface area contributed by atoms with E-state index in [0.717, 1.165) is 55.3 Å². The van der Waals surface area contributed by atoms with E-state index in [1.165, 1.54) is 24.0 Å². The summed E-state index contributed by atoms with van der Waals surface area (Å²) in [6.07, 6.45) is 6.22. The highest BCUT2D eigenvalue weighted by atomic mass is 16.5. The monoisotopic (exact) mass is 394 g/mol. The quantitative estimate of drug-likeness (QED) is 0.795. The second-order valence-electron chi connectivity index (χ2n) is 8.19. The van der Waals surface area contributed by atoms with Gasteiger partial charge >= 0.3 is 0 Å². The third-order valence-corrected chi connectivity index (χ3v) is 6.13. The molecule has 29 heavy (non-hydrogen) atoms. The van der Waals surface area contributed by atoms with Crippen LogP contribution in [0.3, 0.4) is 0 Å². The maximum absolute atomic E-state index is 11.7. The van der Waals surface area contributed by atoms with Gasteiger partial charge in [-0.05, 0) is 37.9 Å². The van der Waals surface area contributed by atoms with Crippen LogP contribution < -0.4 is 4.74 Å². The molecule has 0 spiro atoms. The Morgan fingerprint density at radius 2 is 2.14 bits per heavy atom. The largest absolute Gasteiger partial charge is 0.496 e. The maximum Gasteiger partial charge on any atom is 0.219 e. The van der Waals surface area contributed by atoms with Crippen molar-refractivity contribution in [2.45, 2.75) is 58.7 Å². The van der Waals surface area contributed by atoms with Crippen LogP contribution in [0.4, 0.5) is 0 Å². The van der Waals surface area contributed by atoms with Crippen molar-refractivity contribution in [1.29, 1.82) is 0 Å². The molecule has 2 aliphatic rings. The van der Waals surface area contributed by atoms with Crippen molar-refractivity contribution >= 4 is 5.91 Å². The van der Waals surface area contributed by atoms with Crippen LogP contribution in [-0.4, -0.2) is 45.9 Å². The highest BCUT2D eigenvalue weighted by molar-refractivity contribution is 5.73. The lowest BCUT2D eigenvalue weighted by Gasteiger charge is -2.35. The Morgan fingerprint density at radius 3 is 2.93 bits per heavy atom. The molecular formula is C23H30N4O2. The summed E-state index contributed by atoms with van der Waals surface area (Å²) in [6.45, 7) is 6.96. The molecule has 0 N–H and O–H groups in total. The highest BCUT2D eigenvalue weighted by Gasteiger charge is 2.28. The number of amides is 1. The van der Waals surface area contributed by atoms with Gasteiger partial charge in [0.05, 0.1) is 18.8 Å². The summed E-state index contributed by atoms with van der Waals surface area (Å²) in [5.74, 6) is 1.99. The zero-order chi connectivity index (χ0) is 20.4. The molecule has 1 atom stereocenters. The Hall–Kier alpha value is -2.47. The number of carbonyl (C=O) groups is 1. The zero-order valence-electron chi connectivity index (χ0n) is 17.6. The van der Waals surface area contributed by atoms with Gasteiger partial charge in [-0.2, -0.15) is 0 Å². The van der Waals surface area contributed by atoms with Crippen molar-refractivity contribution in [3.63, 3.8) is 0 Å². The Labute approximate surface area is 172 Å². The second kappa shape index (κ2) is 8.49. The predicted octanol–water partition coefficient (Wildman–Crippen LogP) is 3.43. The number of benzene rings is 1. The topological polar surface area (TPSA) is 58.6 Å². The molecule has 6 heteroatoms. The number of rotatable bonds is 4. The van der Waals surface area contributed by atoms with Crippen molar-refractivity contribution in [1.82, 2.24) is 19.8 Å². The minimum absolute atomic E-state index is 0.116. The van der Waals surface area contributed by atoms with E-state index >= 15 is 0 Å². The minimum atomic E-state index is 0.116. The van der Waals surface area contributed by atoms with Gasteiger partial charge in [-0.15, -0.1) is 0 Å². The molecule has 4 rings (SSSR count). The van der Waals surface area contributed by atoms with E-state index in [2.05, 4.69) is 30.0 Å². The molecule has 0 bridgehead atoms. The standard InChI is InChI=1S/C23H30N4O2/c1-16-7-8-18(22(12-16)29-3)14-27-10-5-4-6-21(27)23-24-13-19-15-26(17(2)28)11-9-20(19)25-23/h7-8,12-13,21H,4-6,9-11,14-15H2,1-3H3/t21-/m0/s1. The number of ether oxygens (including phenoxy) is 1. The van der Waals surface area contributed by atoms with Gasteiger partial charge in [-0.1, -0.05) is 18.6 Å². The van der Waals surface area contributed by atoms with Crippen LogP contribution in [0.5, 0.6) is 5.75 Å². The molecule has 6 nitrogen and oxygen atoms in total. The van der Waals surface area contributed by atoms with Gasteiger partial charge < -0.3 is 9.64 Å². The maximum atomic E-state index is 11.7. The fourth-order valence-electron chi connectivity index (χ4n) is 4.43. The number of aromatic nitrogens is 2. The normalized spacial score (nSPS) is 19.7. The first-order valence-electron chi connectivity index (χ1n) is 10.5. The van der Waals surface area contributed by atoms with Crippen molar-refractivity contribution in [3.8, 4) is 5.75 Å². The molecule has 1 saturated heterocycles. The highest BCUT2D eigenvalue weighted by Crippen LogP contribution is 2.33. The number of fused-ring (bicyclic) bond motifs is 1. The minimum Gasteiger partial charge on any atom is -0.496 e. The first-order valence-corrected chi connectivity index (χ1v) is 10.5. The molecule has 0 unspecified atom stereocenters. The van der Waals surface area contributed by atoms with E-state index in [-0.39, 0.29) is 11.9 Å². The van der Waals surface area contributed by atoms with E-state index < -0.39 is 0 Å². The van der Waals surface area contributed by atoms with Crippen LogP contribution >= 0.6 is 0 Å². The molecule has 1 amide bonds. The summed E-state index contributed by atoms with van der Waals surface area (Å²) in [6, 6.07) is 6.65. The van der Waals surface area contributed by atoms with Crippen LogP contribution in [-0.2, 0) is 24.3 Å². The third-order valence-electron chi connectivity index (χ3n) is 6.13. The Morgan fingerprint density at radius 1 is 1.28 bits per heavy atom. The van der Waals surface area contributed by atoms with Gasteiger partial charge in [0.15, 0.2) is 0 Å². The lowest BCUT2D eigenvalue weighted by molar-refractivity contribution is -0.129. The molecule has 2 aromatic rings. The third kappa shape index (κ3) is 4.27. The second-order valence-corrected chi connectivity index (χ2v) is 8.19. The molecular weight excluding hydrogens is 364 g/mol. The van der Waals surface area contributed by atoms with Crippen LogP contribution in [0, 0.1) is 6.92 Å². The van der Waals surface area contributed by atoms with E-state index in [1.54, 1.807) is 14.0 Å². The average molecular weight is 395 g/mol. The zero-order valence-corrected chi connectivity index (χ0v) is 17.6. The van der Waals surface area contributed by atoms with Gasteiger partial charge in [-0.3, -0.25) is 9.69 Å². The summed E-state index contributed by atoms with van der Waals surface area (Å²) >= 11 is 0. The number of hydrogen-bond acceptors (Lipinski definition) is 5. The first kappa shape index (κ1) is 19.8. The number of piperidine rings is 1. The van der Waals surface area contributed by atoms with E-state index in [9.17, 15) is 4.79 Å². The van der Waals surface area contributed by atoms with E-state index in [4.69, 9.17) is 14.7 Å². The van der Waals surface area contributed by atoms with Crippen molar-refractivity contribution in [2.24, 2.45) is 0 Å². The van der Waals surface area contributed by atoms with E-state index in [0.29, 0.717) is 6.54 Å². The summed E-state index contributed by atoms with van der Waals surface area (Å²) in [7, 11) is 1.74. The Balaban J connectivity index is 1.56. The number of carbonyl (C=O) groups excluding carboxylic acids is 1. The fourth-order valence-corrected chi connectivity index (χ4v) is 4.43. The number of methoxy groups -OCH3 is 1. The number of hydrogen-bond donors (Lipinski definition) is 0. The van der Waals surface area contributed by atoms with Crippen molar-refractivity contribution < 1.29 is 9.53 Å². The molecule has 1 fully saturated rings. The van der Waals surface area contributed by atoms with Crippen molar-refractivity contribution in [2.75, 3.05) is 20.2 Å². The van der Waals surface area contributed by atoms with Gasteiger partial charge in [-0.25, -0.2) is 9.97 Å². The summed E-state index contributed by atoms with van der Waals surface area (Å²) < 4.78 is 5.62. The molecule has 0 aliphatic carbocycles. The number of likely N-dealkylation sites (tertiary alicyclic amines) is 1. The smallest absolute Gasteiger partial charge is 0.219 e. The summed E-state index contributed by atoms with van der Waals surface area (Å²) in [5.41, 5.74) is 4.60. The fraction of sp³-hybridized carbons (Fsp3) is 0.522. The molecule has 0 saturated carbocycles. The molecule has 1 aromatic heterocycles. The lowest BCUT2D eigenvalue weighted by atomic mass is 9.99. The molecule has 154 valence electrons. The summed E-state index contributed by atoms with van der Waals surface area (Å²) in [4.78, 5) is 25.7. The van der Waals surface area contributed by atoms with Gasteiger partial charge in [0.1, 0.15) is 11.6 Å². The summed E-state index contributed by atoms with van der Waals surface area (Å²) in [5, 5.41) is 0. The van der Waals surface area contributed by atoms with Crippen LogP contribution in [0.15, 0.2) is 24.4 Å². The first-order chi connectivity index (χ1) is 14.0. The SMILES string of the molecule is COc1cc(C)ccc1CN1CCCC[C@H]1c1ncc2c(n1)CCN(C(C)=O)C2. The van der Waals surface area contributed by atoms with E-state index in [1.807, 2.05) is 11.1 Å². The van der Waals surface area contributed by atoms with Gasteiger partial charge in [0, 0.05) is 50.3 Å². The van der Waals surface area contributed by atoms with Crippen LogP contribution in [0.1, 0.15) is 60.4 Å². The van der Waals surface area contributed by atoms with Crippen LogP contribution in [0.2, 0.25) is 0 Å². The predicted molar refractivity (Wildman–Crippen MR) is 112 cm³/mol. The molecule has 3 heterocycles.